The number of aliphatic carboxylic acids is 1. The van der Waals surface area contributed by atoms with Gasteiger partial charge in [0.2, 0.25) is 0 Å². The zero-order valence-corrected chi connectivity index (χ0v) is 12.1. The average molecular weight is 306 g/mol. The molecule has 0 fully saturated rings. The third kappa shape index (κ3) is 2.39. The molecule has 1 unspecified atom stereocenters. The van der Waals surface area contributed by atoms with E-state index in [9.17, 15) is 4.79 Å². The average Bonchev–Trinajstić information content (AvgIpc) is 3.06. The minimum absolute atomic E-state index is 0.554. The van der Waals surface area contributed by atoms with Crippen LogP contribution in [0.15, 0.2) is 34.7 Å². The van der Waals surface area contributed by atoms with Gasteiger partial charge < -0.3 is 5.11 Å². The molecule has 0 bridgehead atoms. The lowest BCUT2D eigenvalue weighted by Gasteiger charge is -2.05. The number of fused-ring (bicyclic) bond motifs is 1. The highest BCUT2D eigenvalue weighted by molar-refractivity contribution is 8.00. The van der Waals surface area contributed by atoms with E-state index in [0.717, 1.165) is 4.88 Å². The maximum absolute atomic E-state index is 10.9. The van der Waals surface area contributed by atoms with Crippen LogP contribution in [0.2, 0.25) is 0 Å². The molecule has 0 radical (unpaired) electrons. The molecule has 0 saturated heterocycles. The Morgan fingerprint density at radius 2 is 2.25 bits per heavy atom. The summed E-state index contributed by atoms with van der Waals surface area (Å²) in [5.41, 5.74) is 0.640. The largest absolute Gasteiger partial charge is 0.480 e. The number of carboxylic acid groups (broad SMARTS) is 1. The van der Waals surface area contributed by atoms with E-state index in [2.05, 4.69) is 15.3 Å². The lowest BCUT2D eigenvalue weighted by Crippen LogP contribution is -2.11. The van der Waals surface area contributed by atoms with Crippen LogP contribution in [0.25, 0.3) is 16.3 Å². The fourth-order valence-electron chi connectivity index (χ4n) is 1.63. The van der Waals surface area contributed by atoms with Crippen LogP contribution in [0.5, 0.6) is 0 Å². The molecule has 8 heteroatoms. The first-order valence-corrected chi connectivity index (χ1v) is 7.57. The van der Waals surface area contributed by atoms with E-state index in [4.69, 9.17) is 5.11 Å². The van der Waals surface area contributed by atoms with Gasteiger partial charge in [0.05, 0.1) is 4.88 Å². The number of nitrogens with zero attached hydrogens (tertiary/aromatic N) is 4. The second kappa shape index (κ2) is 5.22. The van der Waals surface area contributed by atoms with Gasteiger partial charge in [-0.15, -0.1) is 21.5 Å². The second-order valence-corrected chi connectivity index (χ2v) is 6.35. The third-order valence-corrected chi connectivity index (χ3v) is 4.51. The SMILES string of the molecule is CC(Sc1ccc2nnc(-c3cccs3)n2n1)C(=O)O. The summed E-state index contributed by atoms with van der Waals surface area (Å²) in [5, 5.41) is 23.6. The van der Waals surface area contributed by atoms with Crippen molar-refractivity contribution in [2.45, 2.75) is 17.2 Å². The smallest absolute Gasteiger partial charge is 0.316 e. The Hall–Kier alpha value is -1.93. The van der Waals surface area contributed by atoms with Crippen molar-refractivity contribution in [1.82, 2.24) is 19.8 Å². The number of rotatable bonds is 4. The number of carboxylic acids is 1. The van der Waals surface area contributed by atoms with E-state index in [1.807, 2.05) is 17.5 Å². The molecule has 3 heterocycles. The number of thioether (sulfide) groups is 1. The van der Waals surface area contributed by atoms with Crippen molar-refractivity contribution < 1.29 is 9.90 Å². The summed E-state index contributed by atoms with van der Waals surface area (Å²) in [6.07, 6.45) is 0. The molecule has 0 aliphatic heterocycles. The summed E-state index contributed by atoms with van der Waals surface area (Å²) >= 11 is 2.75. The van der Waals surface area contributed by atoms with E-state index in [-0.39, 0.29) is 0 Å². The van der Waals surface area contributed by atoms with Crippen molar-refractivity contribution in [3.05, 3.63) is 29.6 Å². The van der Waals surface area contributed by atoms with E-state index in [1.165, 1.54) is 11.8 Å². The van der Waals surface area contributed by atoms with Gasteiger partial charge in [-0.2, -0.15) is 9.61 Å². The molecule has 0 amide bonds. The maximum atomic E-state index is 10.9. The van der Waals surface area contributed by atoms with Crippen molar-refractivity contribution in [2.75, 3.05) is 0 Å². The first-order chi connectivity index (χ1) is 9.65. The molecule has 1 atom stereocenters. The van der Waals surface area contributed by atoms with Gasteiger partial charge in [0.1, 0.15) is 10.3 Å². The topological polar surface area (TPSA) is 80.4 Å². The summed E-state index contributed by atoms with van der Waals surface area (Å²) < 4.78 is 1.64. The van der Waals surface area contributed by atoms with Crippen LogP contribution in [-0.4, -0.2) is 36.1 Å². The normalized spacial score (nSPS) is 12.7. The standard InChI is InChI=1S/C12H10N4O2S2/c1-7(12(17)18)20-10-5-4-9-13-14-11(16(9)15-10)8-3-2-6-19-8/h2-7H,1H3,(H,17,18). The second-order valence-electron chi connectivity index (χ2n) is 4.04. The van der Waals surface area contributed by atoms with Crippen LogP contribution < -0.4 is 0 Å². The minimum Gasteiger partial charge on any atom is -0.480 e. The molecule has 0 saturated carbocycles. The van der Waals surface area contributed by atoms with Crippen molar-refractivity contribution >= 4 is 34.7 Å². The monoisotopic (exact) mass is 306 g/mol. The van der Waals surface area contributed by atoms with Gasteiger partial charge in [0, 0.05) is 0 Å². The van der Waals surface area contributed by atoms with Crippen LogP contribution in [0.4, 0.5) is 0 Å². The first-order valence-electron chi connectivity index (χ1n) is 5.81. The molecule has 102 valence electrons. The van der Waals surface area contributed by atoms with Crippen LogP contribution in [-0.2, 0) is 4.79 Å². The Labute approximate surface area is 122 Å². The van der Waals surface area contributed by atoms with E-state index < -0.39 is 11.2 Å². The Morgan fingerprint density at radius 1 is 1.40 bits per heavy atom. The molecule has 20 heavy (non-hydrogen) atoms. The molecule has 3 aromatic heterocycles. The number of aromatic nitrogens is 4. The van der Waals surface area contributed by atoms with Crippen molar-refractivity contribution in [1.29, 1.82) is 0 Å². The lowest BCUT2D eigenvalue weighted by molar-refractivity contribution is -0.136. The molecular formula is C12H10N4O2S2. The first kappa shape index (κ1) is 13.1. The van der Waals surface area contributed by atoms with Crippen LogP contribution >= 0.6 is 23.1 Å². The molecule has 0 aliphatic carbocycles. The highest BCUT2D eigenvalue weighted by atomic mass is 32.2. The third-order valence-electron chi connectivity index (χ3n) is 2.63. The van der Waals surface area contributed by atoms with Gasteiger partial charge in [-0.3, -0.25) is 4.79 Å². The predicted octanol–water partition coefficient (Wildman–Crippen LogP) is 2.42. The van der Waals surface area contributed by atoms with Gasteiger partial charge in [-0.05, 0) is 30.5 Å². The molecular weight excluding hydrogens is 296 g/mol. The zero-order valence-electron chi connectivity index (χ0n) is 10.4. The molecule has 1 N–H and O–H groups in total. The number of hydrogen-bond acceptors (Lipinski definition) is 6. The number of carbonyl (C=O) groups is 1. The summed E-state index contributed by atoms with van der Waals surface area (Å²) in [6.45, 7) is 1.63. The summed E-state index contributed by atoms with van der Waals surface area (Å²) in [7, 11) is 0. The minimum atomic E-state index is -0.862. The van der Waals surface area contributed by atoms with Crippen LogP contribution in [0.1, 0.15) is 6.92 Å². The van der Waals surface area contributed by atoms with Crippen molar-refractivity contribution in [3.8, 4) is 10.7 Å². The Bertz CT molecular complexity index is 754. The Balaban J connectivity index is 2.01. The molecule has 0 spiro atoms. The predicted molar refractivity (Wildman–Crippen MR) is 77.0 cm³/mol. The van der Waals surface area contributed by atoms with Gasteiger partial charge in [0.15, 0.2) is 11.5 Å². The molecule has 3 aromatic rings. The highest BCUT2D eigenvalue weighted by Crippen LogP contribution is 2.25. The van der Waals surface area contributed by atoms with E-state index >= 15 is 0 Å². The van der Waals surface area contributed by atoms with E-state index in [1.54, 1.807) is 34.9 Å². The van der Waals surface area contributed by atoms with Gasteiger partial charge in [0.25, 0.3) is 0 Å². The Morgan fingerprint density at radius 3 is 2.95 bits per heavy atom. The van der Waals surface area contributed by atoms with Crippen molar-refractivity contribution in [2.24, 2.45) is 0 Å². The van der Waals surface area contributed by atoms with Crippen LogP contribution in [0.3, 0.4) is 0 Å². The van der Waals surface area contributed by atoms with Crippen molar-refractivity contribution in [3.63, 3.8) is 0 Å². The van der Waals surface area contributed by atoms with Gasteiger partial charge >= 0.3 is 5.97 Å². The Kier molecular flexibility index (Phi) is 3.41. The molecule has 0 aromatic carbocycles. The summed E-state index contributed by atoms with van der Waals surface area (Å²) in [5.74, 6) is -0.195. The molecule has 6 nitrogen and oxygen atoms in total. The summed E-state index contributed by atoms with van der Waals surface area (Å²) in [4.78, 5) is 11.9. The maximum Gasteiger partial charge on any atom is 0.316 e. The highest BCUT2D eigenvalue weighted by Gasteiger charge is 2.15. The summed E-state index contributed by atoms with van der Waals surface area (Å²) in [6, 6.07) is 7.43. The fraction of sp³-hybridized carbons (Fsp3) is 0.167. The lowest BCUT2D eigenvalue weighted by atomic mass is 10.4. The zero-order chi connectivity index (χ0) is 14.1. The van der Waals surface area contributed by atoms with E-state index in [0.29, 0.717) is 16.5 Å². The quantitative estimate of drug-likeness (QED) is 0.746. The molecule has 0 aliphatic rings. The molecule has 3 rings (SSSR count). The van der Waals surface area contributed by atoms with Gasteiger partial charge in [-0.1, -0.05) is 17.8 Å². The number of hydrogen-bond donors (Lipinski definition) is 1. The fourth-order valence-corrected chi connectivity index (χ4v) is 3.06. The number of thiophene rings is 1. The van der Waals surface area contributed by atoms with Crippen LogP contribution in [0, 0.1) is 0 Å². The van der Waals surface area contributed by atoms with Gasteiger partial charge in [-0.25, -0.2) is 0 Å².